The van der Waals surface area contributed by atoms with Crippen LogP contribution in [0.2, 0.25) is 0 Å². The summed E-state index contributed by atoms with van der Waals surface area (Å²) in [7, 11) is 1.55. The molecule has 1 N–H and O–H groups in total. The minimum absolute atomic E-state index is 0. The molecule has 0 unspecified atom stereocenters. The van der Waals surface area contributed by atoms with Gasteiger partial charge in [-0.3, -0.25) is 9.69 Å². The molecule has 5 nitrogen and oxygen atoms in total. The third-order valence-electron chi connectivity index (χ3n) is 3.24. The van der Waals surface area contributed by atoms with Gasteiger partial charge in [-0.25, -0.2) is 8.78 Å². The number of hydrogen-bond donors (Lipinski definition) is 1. The molecule has 0 aliphatic carbocycles. The predicted octanol–water partition coefficient (Wildman–Crippen LogP) is 1.11. The Morgan fingerprint density at radius 1 is 1.22 bits per heavy atom. The van der Waals surface area contributed by atoms with E-state index in [-0.39, 0.29) is 63.4 Å². The van der Waals surface area contributed by atoms with E-state index >= 15 is 0 Å². The molecule has 1 rings (SSSR count). The average Bonchev–Trinajstić information content (AvgIpc) is 2.43. The second kappa shape index (κ2) is 12.1. The first kappa shape index (κ1) is 24.9. The summed E-state index contributed by atoms with van der Waals surface area (Å²) in [6.07, 6.45) is -3.66. The van der Waals surface area contributed by atoms with E-state index in [9.17, 15) is 22.4 Å². The second-order valence-corrected chi connectivity index (χ2v) is 4.89. The van der Waals surface area contributed by atoms with Crippen LogP contribution in [-0.4, -0.2) is 87.6 Å². The molecule has 1 aliphatic rings. The number of amides is 1. The predicted molar refractivity (Wildman–Crippen MR) is 83.2 cm³/mol. The van der Waals surface area contributed by atoms with Gasteiger partial charge in [0.05, 0.1) is 19.7 Å². The van der Waals surface area contributed by atoms with Crippen molar-refractivity contribution < 1.29 is 27.1 Å². The highest BCUT2D eigenvalue weighted by atomic mass is 35.5. The van der Waals surface area contributed by atoms with Gasteiger partial charge >= 0.3 is 12.3 Å². The lowest BCUT2D eigenvalue weighted by Crippen LogP contribution is -2.54. The molecule has 1 aliphatic heterocycles. The van der Waals surface area contributed by atoms with Crippen LogP contribution in [0.5, 0.6) is 0 Å². The largest absolute Gasteiger partial charge is 0.383 e. The molecule has 0 aromatic carbocycles. The SMILES string of the molecule is COCCNCC(=O)N1CCN(CC(F)(F)C(F)F)CC1.Cl.Cl. The van der Waals surface area contributed by atoms with E-state index in [1.54, 1.807) is 7.11 Å². The highest BCUT2D eigenvalue weighted by Gasteiger charge is 2.42. The molecule has 1 fully saturated rings. The van der Waals surface area contributed by atoms with Crippen LogP contribution in [0.3, 0.4) is 0 Å². The summed E-state index contributed by atoms with van der Waals surface area (Å²) in [5.41, 5.74) is 0. The van der Waals surface area contributed by atoms with Gasteiger partial charge in [-0.2, -0.15) is 8.78 Å². The molecule has 1 amide bonds. The number of nitrogens with one attached hydrogen (secondary N) is 1. The Bertz CT molecular complexity index is 333. The van der Waals surface area contributed by atoms with Crippen molar-refractivity contribution in [3.05, 3.63) is 0 Å². The van der Waals surface area contributed by atoms with E-state index in [0.717, 1.165) is 0 Å². The molecule has 0 aromatic rings. The van der Waals surface area contributed by atoms with Gasteiger partial charge in [0.15, 0.2) is 0 Å². The average molecular weight is 388 g/mol. The zero-order valence-electron chi connectivity index (χ0n) is 12.8. The number of halogens is 6. The minimum Gasteiger partial charge on any atom is -0.383 e. The maximum Gasteiger partial charge on any atom is 0.319 e. The number of nitrogens with zero attached hydrogens (tertiary/aromatic N) is 2. The topological polar surface area (TPSA) is 44.8 Å². The number of rotatable bonds is 8. The maximum absolute atomic E-state index is 12.9. The van der Waals surface area contributed by atoms with Crippen LogP contribution in [-0.2, 0) is 9.53 Å². The lowest BCUT2D eigenvalue weighted by molar-refractivity contribution is -0.148. The monoisotopic (exact) mass is 387 g/mol. The first-order valence-corrected chi connectivity index (χ1v) is 6.72. The van der Waals surface area contributed by atoms with Gasteiger partial charge in [-0.15, -0.1) is 24.8 Å². The van der Waals surface area contributed by atoms with Crippen LogP contribution in [0.4, 0.5) is 17.6 Å². The summed E-state index contributed by atoms with van der Waals surface area (Å²) < 4.78 is 54.9. The Hall–Kier alpha value is -0.350. The van der Waals surface area contributed by atoms with Gasteiger partial charge in [-0.05, 0) is 0 Å². The third kappa shape index (κ3) is 8.90. The fourth-order valence-electron chi connectivity index (χ4n) is 2.00. The van der Waals surface area contributed by atoms with Gasteiger partial charge in [0.25, 0.3) is 0 Å². The maximum atomic E-state index is 12.9. The van der Waals surface area contributed by atoms with Crippen LogP contribution in [0.25, 0.3) is 0 Å². The van der Waals surface area contributed by atoms with Crippen LogP contribution in [0, 0.1) is 0 Å². The zero-order chi connectivity index (χ0) is 15.9. The fourth-order valence-corrected chi connectivity index (χ4v) is 2.00. The zero-order valence-corrected chi connectivity index (χ0v) is 14.4. The van der Waals surface area contributed by atoms with Crippen molar-refractivity contribution in [1.82, 2.24) is 15.1 Å². The van der Waals surface area contributed by atoms with Crippen molar-refractivity contribution in [2.24, 2.45) is 0 Å². The normalized spacial score (nSPS) is 16.0. The summed E-state index contributed by atoms with van der Waals surface area (Å²) in [6, 6.07) is 0. The van der Waals surface area contributed by atoms with Gasteiger partial charge in [0, 0.05) is 39.8 Å². The quantitative estimate of drug-likeness (QED) is 0.500. The molecule has 23 heavy (non-hydrogen) atoms. The molecular formula is C12H23Cl2F4N3O2. The molecule has 0 aromatic heterocycles. The van der Waals surface area contributed by atoms with Crippen LogP contribution in [0.15, 0.2) is 0 Å². The molecule has 0 bridgehead atoms. The molecule has 0 saturated carbocycles. The first-order valence-electron chi connectivity index (χ1n) is 6.72. The smallest absolute Gasteiger partial charge is 0.319 e. The van der Waals surface area contributed by atoms with Gasteiger partial charge in [-0.1, -0.05) is 0 Å². The molecular weight excluding hydrogens is 365 g/mol. The number of carbonyl (C=O) groups is 1. The molecule has 0 radical (unpaired) electrons. The van der Waals surface area contributed by atoms with E-state index in [2.05, 4.69) is 5.32 Å². The molecule has 11 heteroatoms. The standard InChI is InChI=1S/C12H21F4N3O2.2ClH/c1-21-7-2-17-8-10(20)19-5-3-18(4-6-19)9-12(15,16)11(13)14;;/h11,17H,2-9H2,1H3;2*1H. The Labute approximate surface area is 145 Å². The van der Waals surface area contributed by atoms with Crippen LogP contribution >= 0.6 is 24.8 Å². The fraction of sp³-hybridized carbons (Fsp3) is 0.917. The summed E-state index contributed by atoms with van der Waals surface area (Å²) in [5, 5.41) is 2.90. The van der Waals surface area contributed by atoms with Crippen LogP contribution < -0.4 is 5.32 Å². The number of ether oxygens (including phenoxy) is 1. The summed E-state index contributed by atoms with van der Waals surface area (Å²) in [4.78, 5) is 14.6. The van der Waals surface area contributed by atoms with Crippen LogP contribution in [0.1, 0.15) is 0 Å². The molecule has 0 spiro atoms. The van der Waals surface area contributed by atoms with Crippen molar-refractivity contribution in [2.75, 3.05) is 59.5 Å². The molecule has 1 heterocycles. The summed E-state index contributed by atoms with van der Waals surface area (Å²) in [6.45, 7) is 1.09. The Balaban J connectivity index is 0. The van der Waals surface area contributed by atoms with E-state index in [4.69, 9.17) is 4.74 Å². The Kier molecular flexibility index (Phi) is 13.1. The highest BCUT2D eigenvalue weighted by Crippen LogP contribution is 2.24. The third-order valence-corrected chi connectivity index (χ3v) is 3.24. The lowest BCUT2D eigenvalue weighted by Gasteiger charge is -2.36. The lowest BCUT2D eigenvalue weighted by atomic mass is 10.2. The number of alkyl halides is 4. The molecule has 1 saturated heterocycles. The number of methoxy groups -OCH3 is 1. The second-order valence-electron chi connectivity index (χ2n) is 4.89. The van der Waals surface area contributed by atoms with E-state index in [0.29, 0.717) is 13.2 Å². The first-order chi connectivity index (χ1) is 9.86. The summed E-state index contributed by atoms with van der Waals surface area (Å²) >= 11 is 0. The highest BCUT2D eigenvalue weighted by molar-refractivity contribution is 5.85. The van der Waals surface area contributed by atoms with Gasteiger partial charge in [0.1, 0.15) is 0 Å². The van der Waals surface area contributed by atoms with E-state index in [1.807, 2.05) is 0 Å². The Morgan fingerprint density at radius 2 is 1.78 bits per heavy atom. The van der Waals surface area contributed by atoms with Crippen molar-refractivity contribution in [3.63, 3.8) is 0 Å². The number of carbonyl (C=O) groups excluding carboxylic acids is 1. The number of hydrogen-bond acceptors (Lipinski definition) is 4. The van der Waals surface area contributed by atoms with E-state index in [1.165, 1.54) is 9.80 Å². The van der Waals surface area contributed by atoms with Crippen molar-refractivity contribution >= 4 is 30.7 Å². The van der Waals surface area contributed by atoms with Gasteiger partial charge < -0.3 is 15.0 Å². The molecule has 0 atom stereocenters. The molecule has 140 valence electrons. The summed E-state index contributed by atoms with van der Waals surface area (Å²) in [5.74, 6) is -4.14. The number of piperazine rings is 1. The van der Waals surface area contributed by atoms with Crippen molar-refractivity contribution in [1.29, 1.82) is 0 Å². The van der Waals surface area contributed by atoms with Gasteiger partial charge in [0.2, 0.25) is 5.91 Å². The minimum atomic E-state index is -4.01. The van der Waals surface area contributed by atoms with Crippen molar-refractivity contribution in [2.45, 2.75) is 12.3 Å². The van der Waals surface area contributed by atoms with E-state index < -0.39 is 18.9 Å². The Morgan fingerprint density at radius 3 is 2.26 bits per heavy atom. The van der Waals surface area contributed by atoms with Crippen molar-refractivity contribution in [3.8, 4) is 0 Å².